The van der Waals surface area contributed by atoms with Crippen LogP contribution in [-0.4, -0.2) is 18.4 Å². The maximum atomic E-state index is 13.8. The molecule has 1 heterocycles. The zero-order valence-electron chi connectivity index (χ0n) is 21.0. The Kier molecular flexibility index (Phi) is 7.06. The molecule has 4 rings (SSSR count). The smallest absolute Gasteiger partial charge is 0.282 e. The summed E-state index contributed by atoms with van der Waals surface area (Å²) in [7, 11) is 0. The van der Waals surface area contributed by atoms with Crippen LogP contribution in [-0.2, 0) is 9.59 Å². The lowest BCUT2D eigenvalue weighted by Crippen LogP contribution is -2.33. The molecule has 5 heteroatoms. The van der Waals surface area contributed by atoms with Gasteiger partial charge in [-0.1, -0.05) is 57.2 Å². The quantitative estimate of drug-likeness (QED) is 0.378. The Morgan fingerprint density at radius 1 is 0.886 bits per heavy atom. The van der Waals surface area contributed by atoms with Gasteiger partial charge < -0.3 is 10.1 Å². The van der Waals surface area contributed by atoms with E-state index in [1.54, 1.807) is 0 Å². The number of amides is 2. The van der Waals surface area contributed by atoms with Gasteiger partial charge in [-0.3, -0.25) is 9.59 Å². The van der Waals surface area contributed by atoms with Crippen LogP contribution in [0.25, 0.3) is 5.57 Å². The number of nitrogens with zero attached hydrogens (tertiary/aromatic N) is 1. The van der Waals surface area contributed by atoms with Crippen molar-refractivity contribution in [2.45, 2.75) is 47.0 Å². The Hall–Kier alpha value is -3.86. The van der Waals surface area contributed by atoms with Crippen LogP contribution < -0.4 is 15.0 Å². The van der Waals surface area contributed by atoms with Crippen molar-refractivity contribution in [1.29, 1.82) is 0 Å². The Morgan fingerprint density at radius 2 is 1.57 bits per heavy atom. The number of benzene rings is 3. The van der Waals surface area contributed by atoms with Crippen LogP contribution in [0.4, 0.5) is 11.4 Å². The summed E-state index contributed by atoms with van der Waals surface area (Å²) in [5.41, 5.74) is 5.79. The molecule has 180 valence electrons. The third kappa shape index (κ3) is 4.85. The molecule has 5 nitrogen and oxygen atoms in total. The first-order valence-corrected chi connectivity index (χ1v) is 12.1. The summed E-state index contributed by atoms with van der Waals surface area (Å²) in [5.74, 6) is 0.435. The van der Waals surface area contributed by atoms with Crippen LogP contribution in [0.5, 0.6) is 5.75 Å². The van der Waals surface area contributed by atoms with Crippen molar-refractivity contribution in [2.75, 3.05) is 16.8 Å². The molecule has 0 aliphatic carbocycles. The van der Waals surface area contributed by atoms with Crippen LogP contribution >= 0.6 is 0 Å². The average Bonchev–Trinajstić information content (AvgIpc) is 3.09. The van der Waals surface area contributed by atoms with Gasteiger partial charge in [0.05, 0.1) is 17.9 Å². The van der Waals surface area contributed by atoms with Crippen molar-refractivity contribution in [3.63, 3.8) is 0 Å². The number of rotatable bonds is 8. The molecule has 35 heavy (non-hydrogen) atoms. The predicted octanol–water partition coefficient (Wildman–Crippen LogP) is 6.61. The molecule has 1 aliphatic heterocycles. The maximum absolute atomic E-state index is 13.8. The van der Waals surface area contributed by atoms with E-state index in [1.807, 2.05) is 80.6 Å². The van der Waals surface area contributed by atoms with Crippen molar-refractivity contribution in [3.05, 3.63) is 94.7 Å². The van der Waals surface area contributed by atoms with Crippen LogP contribution in [0.3, 0.4) is 0 Å². The lowest BCUT2D eigenvalue weighted by Gasteiger charge is -2.19. The van der Waals surface area contributed by atoms with Crippen molar-refractivity contribution >= 4 is 28.8 Å². The lowest BCUT2D eigenvalue weighted by molar-refractivity contribution is -0.120. The number of aryl methyl sites for hydroxylation is 1. The number of hydrogen-bond donors (Lipinski definition) is 1. The number of ether oxygens (including phenoxy) is 1. The molecular weight excluding hydrogens is 436 g/mol. The molecule has 1 aliphatic rings. The molecule has 3 aromatic rings. The highest BCUT2D eigenvalue weighted by atomic mass is 16.5. The van der Waals surface area contributed by atoms with Crippen molar-refractivity contribution in [1.82, 2.24) is 0 Å². The number of hydrogen-bond acceptors (Lipinski definition) is 4. The third-order valence-corrected chi connectivity index (χ3v) is 6.36. The lowest BCUT2D eigenvalue weighted by atomic mass is 10.0. The maximum Gasteiger partial charge on any atom is 0.282 e. The van der Waals surface area contributed by atoms with E-state index in [2.05, 4.69) is 26.1 Å². The standard InChI is InChI=1S/C30H32N2O3/c1-6-18-35-25-16-12-23(13-17-25)27-28(31-24-14-10-22(11-15-24)19(2)3)30(34)32(29(27)33)26-9-7-8-20(4)21(26)5/h7-17,19,31H,6,18H2,1-5H3. The second-order valence-corrected chi connectivity index (χ2v) is 9.19. The number of carbonyl (C=O) groups is 2. The Labute approximate surface area is 207 Å². The number of nitrogens with one attached hydrogen (secondary N) is 1. The third-order valence-electron chi connectivity index (χ3n) is 6.36. The molecule has 0 saturated carbocycles. The van der Waals surface area contributed by atoms with Gasteiger partial charge in [-0.25, -0.2) is 4.90 Å². The van der Waals surface area contributed by atoms with Gasteiger partial charge in [-0.2, -0.15) is 0 Å². The molecule has 0 aromatic heterocycles. The first-order valence-electron chi connectivity index (χ1n) is 12.1. The first kappa shape index (κ1) is 24.3. The monoisotopic (exact) mass is 468 g/mol. The molecule has 0 radical (unpaired) electrons. The fourth-order valence-electron chi connectivity index (χ4n) is 4.14. The fourth-order valence-corrected chi connectivity index (χ4v) is 4.14. The number of anilines is 2. The van der Waals surface area contributed by atoms with Crippen molar-refractivity contribution in [3.8, 4) is 5.75 Å². The summed E-state index contributed by atoms with van der Waals surface area (Å²) in [6, 6.07) is 21.0. The van der Waals surface area contributed by atoms with E-state index in [0.29, 0.717) is 29.3 Å². The molecule has 0 spiro atoms. The normalized spacial score (nSPS) is 13.7. The molecule has 0 unspecified atom stereocenters. The van der Waals surface area contributed by atoms with Crippen LogP contribution in [0, 0.1) is 13.8 Å². The Morgan fingerprint density at radius 3 is 2.20 bits per heavy atom. The SMILES string of the molecule is CCCOc1ccc(C2=C(Nc3ccc(C(C)C)cc3)C(=O)N(c3cccc(C)c3C)C2=O)cc1. The van der Waals surface area contributed by atoms with Gasteiger partial charge in [0, 0.05) is 5.69 Å². The highest BCUT2D eigenvalue weighted by Crippen LogP contribution is 2.36. The second-order valence-electron chi connectivity index (χ2n) is 9.19. The van der Waals surface area contributed by atoms with Gasteiger partial charge in [0.25, 0.3) is 11.8 Å². The van der Waals surface area contributed by atoms with Crippen molar-refractivity contribution < 1.29 is 14.3 Å². The summed E-state index contributed by atoms with van der Waals surface area (Å²) in [5, 5.41) is 3.25. The fraction of sp³-hybridized carbons (Fsp3) is 0.267. The zero-order valence-corrected chi connectivity index (χ0v) is 21.0. The van der Waals surface area contributed by atoms with Crippen molar-refractivity contribution in [2.24, 2.45) is 0 Å². The van der Waals surface area contributed by atoms with Gasteiger partial charge in [0.1, 0.15) is 11.4 Å². The summed E-state index contributed by atoms with van der Waals surface area (Å²) < 4.78 is 5.70. The largest absolute Gasteiger partial charge is 0.494 e. The first-order chi connectivity index (χ1) is 16.8. The summed E-state index contributed by atoms with van der Waals surface area (Å²) in [4.78, 5) is 28.8. The zero-order chi connectivity index (χ0) is 25.1. The molecule has 2 amide bonds. The van der Waals surface area contributed by atoms with Crippen LogP contribution in [0.15, 0.2) is 72.4 Å². The molecule has 0 atom stereocenters. The predicted molar refractivity (Wildman–Crippen MR) is 142 cm³/mol. The molecule has 3 aromatic carbocycles. The highest BCUT2D eigenvalue weighted by Gasteiger charge is 2.41. The second kappa shape index (κ2) is 10.2. The van der Waals surface area contributed by atoms with Gasteiger partial charge in [0.15, 0.2) is 0 Å². The Bertz CT molecular complexity index is 1270. The summed E-state index contributed by atoms with van der Waals surface area (Å²) >= 11 is 0. The van der Waals surface area contributed by atoms with Gasteiger partial charge >= 0.3 is 0 Å². The minimum Gasteiger partial charge on any atom is -0.494 e. The van der Waals surface area contributed by atoms with E-state index in [4.69, 9.17) is 4.74 Å². The molecule has 0 bridgehead atoms. The van der Waals surface area contributed by atoms with E-state index in [0.717, 1.165) is 29.0 Å². The van der Waals surface area contributed by atoms with Gasteiger partial charge in [-0.05, 0) is 78.8 Å². The van der Waals surface area contributed by atoms with E-state index in [9.17, 15) is 9.59 Å². The van der Waals surface area contributed by atoms with Gasteiger partial charge in [-0.15, -0.1) is 0 Å². The molecule has 1 N–H and O–H groups in total. The molecule has 0 fully saturated rings. The minimum absolute atomic E-state index is 0.274. The topological polar surface area (TPSA) is 58.6 Å². The van der Waals surface area contributed by atoms with E-state index >= 15 is 0 Å². The van der Waals surface area contributed by atoms with Gasteiger partial charge in [0.2, 0.25) is 0 Å². The van der Waals surface area contributed by atoms with E-state index in [1.165, 1.54) is 10.5 Å². The minimum atomic E-state index is -0.363. The Balaban J connectivity index is 1.77. The number of carbonyl (C=O) groups excluding carboxylic acids is 2. The highest BCUT2D eigenvalue weighted by molar-refractivity contribution is 6.46. The summed E-state index contributed by atoms with van der Waals surface area (Å²) in [6.07, 6.45) is 0.911. The van der Waals surface area contributed by atoms with Crippen LogP contribution in [0.2, 0.25) is 0 Å². The number of imide groups is 1. The van der Waals surface area contributed by atoms with E-state index in [-0.39, 0.29) is 17.5 Å². The summed E-state index contributed by atoms with van der Waals surface area (Å²) in [6.45, 7) is 10.9. The van der Waals surface area contributed by atoms with Crippen LogP contribution in [0.1, 0.15) is 55.4 Å². The molecular formula is C30H32N2O3. The average molecular weight is 469 g/mol. The van der Waals surface area contributed by atoms with E-state index < -0.39 is 0 Å². The molecule has 0 saturated heterocycles.